The van der Waals surface area contributed by atoms with Crippen molar-refractivity contribution in [2.24, 2.45) is 0 Å². The first-order chi connectivity index (χ1) is 9.91. The SMILES string of the molecule is Cc1ccc2nc(Nc3ccc(S(C)(=O)=O)cc3)sc2c1. The molecule has 21 heavy (non-hydrogen) atoms. The molecule has 1 heterocycles. The van der Waals surface area contributed by atoms with Gasteiger partial charge in [-0.1, -0.05) is 17.4 Å². The van der Waals surface area contributed by atoms with E-state index in [9.17, 15) is 8.42 Å². The molecule has 0 aliphatic heterocycles. The summed E-state index contributed by atoms with van der Waals surface area (Å²) in [4.78, 5) is 4.82. The van der Waals surface area contributed by atoms with Crippen LogP contribution in [0.2, 0.25) is 0 Å². The highest BCUT2D eigenvalue weighted by Crippen LogP contribution is 2.29. The second-order valence-electron chi connectivity index (χ2n) is 4.91. The molecule has 0 fully saturated rings. The van der Waals surface area contributed by atoms with E-state index in [2.05, 4.69) is 23.3 Å². The fourth-order valence-electron chi connectivity index (χ4n) is 1.99. The maximum absolute atomic E-state index is 11.4. The quantitative estimate of drug-likeness (QED) is 0.799. The third-order valence-electron chi connectivity index (χ3n) is 3.08. The van der Waals surface area contributed by atoms with E-state index >= 15 is 0 Å². The Kier molecular flexibility index (Phi) is 3.43. The van der Waals surface area contributed by atoms with Gasteiger partial charge in [0, 0.05) is 11.9 Å². The summed E-state index contributed by atoms with van der Waals surface area (Å²) in [5.74, 6) is 0. The largest absolute Gasteiger partial charge is 0.332 e. The number of thiazole rings is 1. The number of sulfone groups is 1. The van der Waals surface area contributed by atoms with E-state index in [4.69, 9.17) is 0 Å². The van der Waals surface area contributed by atoms with Crippen LogP contribution in [-0.4, -0.2) is 19.7 Å². The molecule has 108 valence electrons. The predicted octanol–water partition coefficient (Wildman–Crippen LogP) is 3.75. The number of benzene rings is 2. The molecule has 0 saturated heterocycles. The lowest BCUT2D eigenvalue weighted by molar-refractivity contribution is 0.602. The topological polar surface area (TPSA) is 59.1 Å². The number of aryl methyl sites for hydroxylation is 1. The molecule has 1 aromatic heterocycles. The monoisotopic (exact) mass is 318 g/mol. The van der Waals surface area contributed by atoms with Crippen LogP contribution >= 0.6 is 11.3 Å². The number of aromatic nitrogens is 1. The zero-order valence-electron chi connectivity index (χ0n) is 11.6. The van der Waals surface area contributed by atoms with Crippen molar-refractivity contribution < 1.29 is 8.42 Å². The molecule has 3 aromatic rings. The van der Waals surface area contributed by atoms with Crippen molar-refractivity contribution in [3.8, 4) is 0 Å². The van der Waals surface area contributed by atoms with Crippen LogP contribution in [0.25, 0.3) is 10.2 Å². The van der Waals surface area contributed by atoms with Gasteiger partial charge in [-0.15, -0.1) is 0 Å². The van der Waals surface area contributed by atoms with Crippen LogP contribution in [0.15, 0.2) is 47.4 Å². The van der Waals surface area contributed by atoms with Crippen molar-refractivity contribution in [3.05, 3.63) is 48.0 Å². The van der Waals surface area contributed by atoms with Gasteiger partial charge in [0.15, 0.2) is 15.0 Å². The molecule has 0 aliphatic carbocycles. The lowest BCUT2D eigenvalue weighted by Gasteiger charge is -2.03. The fourth-order valence-corrected chi connectivity index (χ4v) is 3.61. The average Bonchev–Trinajstić information content (AvgIpc) is 2.79. The minimum atomic E-state index is -3.16. The van der Waals surface area contributed by atoms with Crippen LogP contribution in [-0.2, 0) is 9.84 Å². The standard InChI is InChI=1S/C15H14N2O2S2/c1-10-3-8-13-14(9-10)20-15(17-13)16-11-4-6-12(7-5-11)21(2,18)19/h3-9H,1-2H3,(H,16,17). The Morgan fingerprint density at radius 1 is 1.10 bits per heavy atom. The van der Waals surface area contributed by atoms with Crippen LogP contribution in [0.1, 0.15) is 5.56 Å². The van der Waals surface area contributed by atoms with E-state index in [0.29, 0.717) is 4.90 Å². The van der Waals surface area contributed by atoms with E-state index in [0.717, 1.165) is 21.0 Å². The molecule has 0 amide bonds. The van der Waals surface area contributed by atoms with Gasteiger partial charge in [-0.25, -0.2) is 13.4 Å². The highest BCUT2D eigenvalue weighted by atomic mass is 32.2. The molecule has 4 nitrogen and oxygen atoms in total. The Hall–Kier alpha value is -1.92. The summed E-state index contributed by atoms with van der Waals surface area (Å²) in [6.45, 7) is 2.05. The van der Waals surface area contributed by atoms with Crippen molar-refractivity contribution in [2.75, 3.05) is 11.6 Å². The molecule has 3 rings (SSSR count). The van der Waals surface area contributed by atoms with Gasteiger partial charge in [-0.3, -0.25) is 0 Å². The van der Waals surface area contributed by atoms with Crippen molar-refractivity contribution in [1.29, 1.82) is 0 Å². The van der Waals surface area contributed by atoms with Crippen molar-refractivity contribution in [1.82, 2.24) is 4.98 Å². The highest BCUT2D eigenvalue weighted by molar-refractivity contribution is 7.90. The maximum atomic E-state index is 11.4. The number of nitrogens with one attached hydrogen (secondary N) is 1. The van der Waals surface area contributed by atoms with E-state index in [1.807, 2.05) is 12.1 Å². The van der Waals surface area contributed by atoms with Crippen LogP contribution in [0.4, 0.5) is 10.8 Å². The maximum Gasteiger partial charge on any atom is 0.188 e. The first-order valence-electron chi connectivity index (χ1n) is 6.36. The lowest BCUT2D eigenvalue weighted by atomic mass is 10.2. The normalized spacial score (nSPS) is 11.7. The molecular weight excluding hydrogens is 304 g/mol. The number of fused-ring (bicyclic) bond motifs is 1. The summed E-state index contributed by atoms with van der Waals surface area (Å²) in [7, 11) is -3.16. The molecule has 1 N–H and O–H groups in total. The van der Waals surface area contributed by atoms with E-state index in [-0.39, 0.29) is 0 Å². The van der Waals surface area contributed by atoms with Crippen LogP contribution in [0, 0.1) is 6.92 Å². The van der Waals surface area contributed by atoms with E-state index < -0.39 is 9.84 Å². The smallest absolute Gasteiger partial charge is 0.188 e. The average molecular weight is 318 g/mol. The summed E-state index contributed by atoms with van der Waals surface area (Å²) >= 11 is 1.58. The highest BCUT2D eigenvalue weighted by Gasteiger charge is 2.07. The zero-order chi connectivity index (χ0) is 15.0. The molecule has 2 aromatic carbocycles. The number of hydrogen-bond donors (Lipinski definition) is 1. The Bertz CT molecular complexity index is 897. The second kappa shape index (κ2) is 5.13. The van der Waals surface area contributed by atoms with E-state index in [1.54, 1.807) is 35.6 Å². The van der Waals surface area contributed by atoms with Gasteiger partial charge < -0.3 is 5.32 Å². The molecular formula is C15H14N2O2S2. The van der Waals surface area contributed by atoms with Gasteiger partial charge in [0.25, 0.3) is 0 Å². The molecule has 0 aliphatic rings. The van der Waals surface area contributed by atoms with E-state index in [1.165, 1.54) is 11.8 Å². The van der Waals surface area contributed by atoms with Gasteiger partial charge >= 0.3 is 0 Å². The second-order valence-corrected chi connectivity index (χ2v) is 7.96. The summed E-state index contributed by atoms with van der Waals surface area (Å²) in [6.07, 6.45) is 1.20. The van der Waals surface area contributed by atoms with Gasteiger partial charge in [-0.2, -0.15) is 0 Å². The molecule has 0 radical (unpaired) electrons. The van der Waals surface area contributed by atoms with Crippen LogP contribution in [0.3, 0.4) is 0 Å². The minimum absolute atomic E-state index is 0.313. The van der Waals surface area contributed by atoms with Gasteiger partial charge in [-0.05, 0) is 48.9 Å². The van der Waals surface area contributed by atoms with Crippen LogP contribution < -0.4 is 5.32 Å². The Morgan fingerprint density at radius 2 is 1.81 bits per heavy atom. The molecule has 0 saturated carbocycles. The summed E-state index contributed by atoms with van der Waals surface area (Å²) < 4.78 is 24.0. The number of anilines is 2. The van der Waals surface area contributed by atoms with Crippen LogP contribution in [0.5, 0.6) is 0 Å². The minimum Gasteiger partial charge on any atom is -0.332 e. The Balaban J connectivity index is 1.88. The van der Waals surface area contributed by atoms with Crippen molar-refractivity contribution in [2.45, 2.75) is 11.8 Å². The first kappa shape index (κ1) is 14.0. The molecule has 0 spiro atoms. The third-order valence-corrected chi connectivity index (χ3v) is 5.14. The van der Waals surface area contributed by atoms with Crippen molar-refractivity contribution >= 4 is 42.2 Å². The number of hydrogen-bond acceptors (Lipinski definition) is 5. The molecule has 0 unspecified atom stereocenters. The number of nitrogens with zero attached hydrogens (tertiary/aromatic N) is 1. The first-order valence-corrected chi connectivity index (χ1v) is 9.07. The molecule has 6 heteroatoms. The fraction of sp³-hybridized carbons (Fsp3) is 0.133. The van der Waals surface area contributed by atoms with Gasteiger partial charge in [0.1, 0.15) is 0 Å². The lowest BCUT2D eigenvalue weighted by Crippen LogP contribution is -1.97. The Labute approximate surface area is 127 Å². The zero-order valence-corrected chi connectivity index (χ0v) is 13.3. The summed E-state index contributed by atoms with van der Waals surface area (Å²) in [5, 5.41) is 4.00. The summed E-state index contributed by atoms with van der Waals surface area (Å²) in [5.41, 5.74) is 2.98. The van der Waals surface area contributed by atoms with Gasteiger partial charge in [0.2, 0.25) is 0 Å². The summed E-state index contributed by atoms with van der Waals surface area (Å²) in [6, 6.07) is 12.8. The molecule has 0 bridgehead atoms. The molecule has 0 atom stereocenters. The predicted molar refractivity (Wildman–Crippen MR) is 87.2 cm³/mol. The third kappa shape index (κ3) is 3.06. The Morgan fingerprint density at radius 3 is 2.48 bits per heavy atom. The van der Waals surface area contributed by atoms with Gasteiger partial charge in [0.05, 0.1) is 15.1 Å². The van der Waals surface area contributed by atoms with Crippen molar-refractivity contribution in [3.63, 3.8) is 0 Å². The number of rotatable bonds is 3.